The first-order chi connectivity index (χ1) is 9.86. The molecule has 2 amide bonds. The number of carbonyl (C=O) groups is 2. The Morgan fingerprint density at radius 1 is 1.33 bits per heavy atom. The summed E-state index contributed by atoms with van der Waals surface area (Å²) in [6.07, 6.45) is 0.486. The van der Waals surface area contributed by atoms with E-state index in [4.69, 9.17) is 16.2 Å². The molecule has 0 saturated carbocycles. The maximum Gasteiger partial charge on any atom is 0.240 e. The number of para-hydroxylation sites is 1. The van der Waals surface area contributed by atoms with Gasteiger partial charge in [0.2, 0.25) is 11.8 Å². The standard InChI is InChI=1S/C15H23N3O3/c1-10(8-11-6-4-5-7-13(11)21-3)18(2)15(20)12(16)9-14(17)19/h4-7,10,12H,8-9,16H2,1-3H3,(H2,17,19). The Morgan fingerprint density at radius 2 is 1.95 bits per heavy atom. The third kappa shape index (κ3) is 4.75. The molecule has 0 aromatic heterocycles. The lowest BCUT2D eigenvalue weighted by molar-refractivity contribution is -0.135. The zero-order valence-corrected chi connectivity index (χ0v) is 12.7. The molecule has 1 aromatic carbocycles. The molecule has 0 aliphatic heterocycles. The lowest BCUT2D eigenvalue weighted by Gasteiger charge is -2.27. The molecule has 2 atom stereocenters. The fourth-order valence-electron chi connectivity index (χ4n) is 2.11. The van der Waals surface area contributed by atoms with Crippen LogP contribution in [0.3, 0.4) is 0 Å². The van der Waals surface area contributed by atoms with Crippen molar-refractivity contribution >= 4 is 11.8 Å². The molecule has 21 heavy (non-hydrogen) atoms. The van der Waals surface area contributed by atoms with Crippen LogP contribution in [0.4, 0.5) is 0 Å². The van der Waals surface area contributed by atoms with E-state index in [-0.39, 0.29) is 18.4 Å². The second-order valence-electron chi connectivity index (χ2n) is 5.09. The van der Waals surface area contributed by atoms with Crippen molar-refractivity contribution in [3.63, 3.8) is 0 Å². The number of nitrogens with two attached hydrogens (primary N) is 2. The molecule has 0 spiro atoms. The van der Waals surface area contributed by atoms with E-state index in [1.165, 1.54) is 0 Å². The first kappa shape index (κ1) is 17.0. The Labute approximate surface area is 125 Å². The quantitative estimate of drug-likeness (QED) is 0.754. The van der Waals surface area contributed by atoms with Crippen LogP contribution in [0, 0.1) is 0 Å². The van der Waals surface area contributed by atoms with Crippen LogP contribution in [0.1, 0.15) is 18.9 Å². The Balaban J connectivity index is 2.72. The summed E-state index contributed by atoms with van der Waals surface area (Å²) in [7, 11) is 3.28. The van der Waals surface area contributed by atoms with Crippen molar-refractivity contribution in [2.45, 2.75) is 31.8 Å². The zero-order valence-electron chi connectivity index (χ0n) is 12.7. The highest BCUT2D eigenvalue weighted by atomic mass is 16.5. The number of ether oxygens (including phenoxy) is 1. The van der Waals surface area contributed by atoms with Gasteiger partial charge in [0.1, 0.15) is 5.75 Å². The second kappa shape index (κ2) is 7.64. The van der Waals surface area contributed by atoms with Crippen molar-refractivity contribution in [3.8, 4) is 5.75 Å². The zero-order chi connectivity index (χ0) is 16.0. The molecule has 0 fully saturated rings. The van der Waals surface area contributed by atoms with E-state index in [0.29, 0.717) is 6.42 Å². The van der Waals surface area contributed by atoms with Gasteiger partial charge >= 0.3 is 0 Å². The van der Waals surface area contributed by atoms with Crippen molar-refractivity contribution in [1.82, 2.24) is 4.90 Å². The first-order valence-corrected chi connectivity index (χ1v) is 6.79. The molecule has 0 radical (unpaired) electrons. The van der Waals surface area contributed by atoms with Crippen LogP contribution < -0.4 is 16.2 Å². The van der Waals surface area contributed by atoms with E-state index in [1.54, 1.807) is 19.1 Å². The monoisotopic (exact) mass is 293 g/mol. The average molecular weight is 293 g/mol. The first-order valence-electron chi connectivity index (χ1n) is 6.79. The number of rotatable bonds is 7. The van der Waals surface area contributed by atoms with Crippen molar-refractivity contribution in [3.05, 3.63) is 29.8 Å². The highest BCUT2D eigenvalue weighted by Gasteiger charge is 2.24. The molecule has 6 heteroatoms. The highest BCUT2D eigenvalue weighted by molar-refractivity contribution is 5.87. The van der Waals surface area contributed by atoms with Gasteiger partial charge in [0.15, 0.2) is 0 Å². The number of nitrogens with zero attached hydrogens (tertiary/aromatic N) is 1. The van der Waals surface area contributed by atoms with Gasteiger partial charge < -0.3 is 21.1 Å². The minimum absolute atomic E-state index is 0.0762. The maximum atomic E-state index is 12.1. The molecule has 2 unspecified atom stereocenters. The normalized spacial score (nSPS) is 13.3. The van der Waals surface area contributed by atoms with Crippen LogP contribution in [-0.2, 0) is 16.0 Å². The molecule has 0 saturated heterocycles. The molecule has 0 bridgehead atoms. The number of likely N-dealkylation sites (N-methyl/N-ethyl adjacent to an activating group) is 1. The molecule has 6 nitrogen and oxygen atoms in total. The minimum Gasteiger partial charge on any atom is -0.496 e. The van der Waals surface area contributed by atoms with Gasteiger partial charge in [0, 0.05) is 13.1 Å². The molecule has 0 aliphatic carbocycles. The lowest BCUT2D eigenvalue weighted by atomic mass is 10.0. The largest absolute Gasteiger partial charge is 0.496 e. The summed E-state index contributed by atoms with van der Waals surface area (Å²) in [5.41, 5.74) is 11.8. The number of hydrogen-bond acceptors (Lipinski definition) is 4. The molecular weight excluding hydrogens is 270 g/mol. The number of hydrogen-bond donors (Lipinski definition) is 2. The molecular formula is C15H23N3O3. The molecule has 4 N–H and O–H groups in total. The van der Waals surface area contributed by atoms with Crippen LogP contribution in [0.25, 0.3) is 0 Å². The highest BCUT2D eigenvalue weighted by Crippen LogP contribution is 2.20. The van der Waals surface area contributed by atoms with E-state index >= 15 is 0 Å². The van der Waals surface area contributed by atoms with E-state index in [2.05, 4.69) is 0 Å². The van der Waals surface area contributed by atoms with Gasteiger partial charge in [-0.05, 0) is 25.0 Å². The molecule has 1 rings (SSSR count). The molecule has 1 aromatic rings. The maximum absolute atomic E-state index is 12.1. The van der Waals surface area contributed by atoms with Gasteiger partial charge in [-0.1, -0.05) is 18.2 Å². The number of benzene rings is 1. The van der Waals surface area contributed by atoms with Gasteiger partial charge in [-0.25, -0.2) is 0 Å². The van der Waals surface area contributed by atoms with Crippen LogP contribution >= 0.6 is 0 Å². The van der Waals surface area contributed by atoms with E-state index in [1.807, 2.05) is 31.2 Å². The summed E-state index contributed by atoms with van der Waals surface area (Å²) < 4.78 is 5.30. The summed E-state index contributed by atoms with van der Waals surface area (Å²) in [4.78, 5) is 24.5. The summed E-state index contributed by atoms with van der Waals surface area (Å²) in [6.45, 7) is 1.92. The predicted molar refractivity (Wildman–Crippen MR) is 80.7 cm³/mol. The Kier molecular flexibility index (Phi) is 6.17. The number of methoxy groups -OCH3 is 1. The molecule has 0 aliphatic rings. The Bertz CT molecular complexity index is 505. The average Bonchev–Trinajstić information content (AvgIpc) is 2.45. The Hall–Kier alpha value is -2.08. The van der Waals surface area contributed by atoms with Gasteiger partial charge in [-0.15, -0.1) is 0 Å². The minimum atomic E-state index is -0.896. The fraction of sp³-hybridized carbons (Fsp3) is 0.467. The van der Waals surface area contributed by atoms with E-state index in [9.17, 15) is 9.59 Å². The van der Waals surface area contributed by atoms with E-state index in [0.717, 1.165) is 11.3 Å². The van der Waals surface area contributed by atoms with Gasteiger partial charge in [0.05, 0.1) is 19.6 Å². The van der Waals surface area contributed by atoms with Gasteiger partial charge in [-0.2, -0.15) is 0 Å². The number of carbonyl (C=O) groups excluding carboxylic acids is 2. The van der Waals surface area contributed by atoms with Crippen molar-refractivity contribution in [2.75, 3.05) is 14.2 Å². The summed E-state index contributed by atoms with van der Waals surface area (Å²) in [5.74, 6) is -0.0931. The third-order valence-electron chi connectivity index (χ3n) is 3.45. The van der Waals surface area contributed by atoms with Crippen molar-refractivity contribution < 1.29 is 14.3 Å². The number of amides is 2. The van der Waals surface area contributed by atoms with Crippen LogP contribution in [0.15, 0.2) is 24.3 Å². The summed E-state index contributed by atoms with van der Waals surface area (Å²) in [6, 6.07) is 6.68. The molecule has 0 heterocycles. The van der Waals surface area contributed by atoms with Crippen molar-refractivity contribution in [1.29, 1.82) is 0 Å². The molecule has 116 valence electrons. The van der Waals surface area contributed by atoms with Gasteiger partial charge in [0.25, 0.3) is 0 Å². The van der Waals surface area contributed by atoms with Crippen molar-refractivity contribution in [2.24, 2.45) is 11.5 Å². The summed E-state index contributed by atoms with van der Waals surface area (Å²) >= 11 is 0. The fourth-order valence-corrected chi connectivity index (χ4v) is 2.11. The second-order valence-corrected chi connectivity index (χ2v) is 5.09. The predicted octanol–water partition coefficient (Wildman–Crippen LogP) is 0.287. The third-order valence-corrected chi connectivity index (χ3v) is 3.45. The van der Waals surface area contributed by atoms with Crippen LogP contribution in [0.5, 0.6) is 5.75 Å². The summed E-state index contributed by atoms with van der Waals surface area (Å²) in [5, 5.41) is 0. The topological polar surface area (TPSA) is 98.7 Å². The Morgan fingerprint density at radius 3 is 2.52 bits per heavy atom. The number of primary amides is 1. The van der Waals surface area contributed by atoms with Crippen LogP contribution in [0.2, 0.25) is 0 Å². The van der Waals surface area contributed by atoms with E-state index < -0.39 is 11.9 Å². The van der Waals surface area contributed by atoms with Crippen LogP contribution in [-0.4, -0.2) is 43.0 Å². The SMILES string of the molecule is COc1ccccc1CC(C)N(C)C(=O)C(N)CC(N)=O. The smallest absolute Gasteiger partial charge is 0.240 e. The van der Waals surface area contributed by atoms with Gasteiger partial charge in [-0.3, -0.25) is 9.59 Å². The lowest BCUT2D eigenvalue weighted by Crippen LogP contribution is -2.47.